The Morgan fingerprint density at radius 3 is 2.68 bits per heavy atom. The van der Waals surface area contributed by atoms with Crippen LogP contribution in [0.5, 0.6) is 0 Å². The Labute approximate surface area is 134 Å². The van der Waals surface area contributed by atoms with Gasteiger partial charge in [0, 0.05) is 11.8 Å². The number of esters is 1. The number of fused-ring (bicyclic) bond motifs is 1. The minimum Gasteiger partial charge on any atom is -0.461 e. The number of carbonyl (C=O) groups excluding carboxylic acids is 1. The number of hydrogen-bond donors (Lipinski definition) is 0. The molecule has 0 unspecified atom stereocenters. The second-order valence-electron chi connectivity index (χ2n) is 5.63. The summed E-state index contributed by atoms with van der Waals surface area (Å²) in [7, 11) is 0. The van der Waals surface area contributed by atoms with E-state index in [0.717, 1.165) is 12.0 Å². The van der Waals surface area contributed by atoms with Crippen LogP contribution in [-0.4, -0.2) is 16.0 Å². The average molecular weight is 409 g/mol. The maximum absolute atomic E-state index is 12.1. The van der Waals surface area contributed by atoms with E-state index in [1.54, 1.807) is 0 Å². The summed E-state index contributed by atoms with van der Waals surface area (Å²) in [5.41, 5.74) is 1.13. The third-order valence-electron chi connectivity index (χ3n) is 4.85. The van der Waals surface area contributed by atoms with Gasteiger partial charge in [0.15, 0.2) is 0 Å². The summed E-state index contributed by atoms with van der Waals surface area (Å²) < 4.78 is 5.97. The van der Waals surface area contributed by atoms with Gasteiger partial charge in [0.2, 0.25) is 0 Å². The minimum absolute atomic E-state index is 0.0206. The fraction of sp³-hybridized carbons (Fsp3) is 0.500. The molecular formula is C14H11Cl2IO2. The predicted molar refractivity (Wildman–Crippen MR) is 82.0 cm³/mol. The monoisotopic (exact) mass is 408 g/mol. The van der Waals surface area contributed by atoms with Crippen molar-refractivity contribution in [3.05, 3.63) is 33.8 Å². The SMILES string of the molecule is O=C1O[C@@H]2[C@@H](I)[C@H]3C[C@@H]2[C@@H]1[C@@H]3c1ccc(Cl)c(Cl)c1. The normalized spacial score (nSPS) is 42.8. The Kier molecular flexibility index (Phi) is 2.84. The Hall–Kier alpha value is -0.000000000000000111. The van der Waals surface area contributed by atoms with Crippen molar-refractivity contribution in [2.75, 3.05) is 0 Å². The van der Waals surface area contributed by atoms with E-state index in [-0.39, 0.29) is 23.9 Å². The third-order valence-corrected chi connectivity index (χ3v) is 7.22. The lowest BCUT2D eigenvalue weighted by atomic mass is 9.76. The van der Waals surface area contributed by atoms with E-state index in [9.17, 15) is 4.79 Å². The number of hydrogen-bond acceptors (Lipinski definition) is 2. The van der Waals surface area contributed by atoms with Gasteiger partial charge in [-0.15, -0.1) is 0 Å². The standard InChI is InChI=1S/C14H11Cl2IO2/c15-8-2-1-5(3-9(8)16)10-6-4-7-11(10)14(18)19-13(7)12(6)17/h1-3,6-7,10-13H,4H2/t6-,7+,10+,11+,12-,13-/m0/s1. The Bertz CT molecular complexity index is 577. The Morgan fingerprint density at radius 1 is 1.16 bits per heavy atom. The van der Waals surface area contributed by atoms with Gasteiger partial charge in [-0.3, -0.25) is 4.79 Å². The van der Waals surface area contributed by atoms with E-state index in [4.69, 9.17) is 27.9 Å². The first-order valence-electron chi connectivity index (χ1n) is 6.37. The van der Waals surface area contributed by atoms with Crippen LogP contribution in [0.25, 0.3) is 0 Å². The molecule has 1 heterocycles. The van der Waals surface area contributed by atoms with Crippen LogP contribution in [-0.2, 0) is 9.53 Å². The molecule has 19 heavy (non-hydrogen) atoms. The number of alkyl halides is 1. The van der Waals surface area contributed by atoms with E-state index >= 15 is 0 Å². The van der Waals surface area contributed by atoms with Gasteiger partial charge in [-0.2, -0.15) is 0 Å². The lowest BCUT2D eigenvalue weighted by Gasteiger charge is -2.29. The predicted octanol–water partition coefficient (Wildman–Crippen LogP) is 4.07. The van der Waals surface area contributed by atoms with Crippen LogP contribution in [0.3, 0.4) is 0 Å². The van der Waals surface area contributed by atoms with Gasteiger partial charge in [-0.05, 0) is 30.0 Å². The maximum Gasteiger partial charge on any atom is 0.310 e. The second-order valence-corrected chi connectivity index (χ2v) is 7.89. The summed E-state index contributed by atoms with van der Waals surface area (Å²) >= 11 is 14.5. The fourth-order valence-electron chi connectivity index (χ4n) is 4.15. The van der Waals surface area contributed by atoms with Crippen LogP contribution < -0.4 is 0 Å². The molecule has 2 bridgehead atoms. The zero-order valence-corrected chi connectivity index (χ0v) is 13.5. The molecule has 0 amide bonds. The number of carbonyl (C=O) groups is 1. The molecule has 6 atom stereocenters. The molecule has 2 aliphatic carbocycles. The highest BCUT2D eigenvalue weighted by Gasteiger charge is 2.66. The van der Waals surface area contributed by atoms with Gasteiger partial charge in [-0.25, -0.2) is 0 Å². The molecule has 1 aromatic carbocycles. The number of halogens is 3. The van der Waals surface area contributed by atoms with Crippen LogP contribution in [0.1, 0.15) is 17.9 Å². The fourth-order valence-corrected chi connectivity index (χ4v) is 5.87. The Balaban J connectivity index is 1.79. The first kappa shape index (κ1) is 12.7. The molecule has 0 N–H and O–H groups in total. The molecule has 2 saturated carbocycles. The summed E-state index contributed by atoms with van der Waals surface area (Å²) in [6.07, 6.45) is 1.24. The first-order valence-corrected chi connectivity index (χ1v) is 8.37. The van der Waals surface area contributed by atoms with E-state index < -0.39 is 0 Å². The molecule has 4 rings (SSSR count). The molecular weight excluding hydrogens is 398 g/mol. The highest BCUT2D eigenvalue weighted by atomic mass is 127. The highest BCUT2D eigenvalue weighted by Crippen LogP contribution is 2.63. The van der Waals surface area contributed by atoms with Gasteiger partial charge >= 0.3 is 5.97 Å². The summed E-state index contributed by atoms with van der Waals surface area (Å²) in [5, 5.41) is 1.13. The van der Waals surface area contributed by atoms with Crippen molar-refractivity contribution in [1.82, 2.24) is 0 Å². The first-order chi connectivity index (χ1) is 9.08. The van der Waals surface area contributed by atoms with Crippen LogP contribution in [0.2, 0.25) is 10.0 Å². The summed E-state index contributed by atoms with van der Waals surface area (Å²) in [4.78, 5) is 12.1. The highest BCUT2D eigenvalue weighted by molar-refractivity contribution is 14.1. The summed E-state index contributed by atoms with van der Waals surface area (Å²) in [6, 6.07) is 5.74. The lowest BCUT2D eigenvalue weighted by molar-refractivity contribution is -0.143. The second kappa shape index (κ2) is 4.25. The van der Waals surface area contributed by atoms with Crippen LogP contribution in [0, 0.1) is 17.8 Å². The largest absolute Gasteiger partial charge is 0.461 e. The zero-order chi connectivity index (χ0) is 13.3. The molecule has 1 saturated heterocycles. The van der Waals surface area contributed by atoms with E-state index in [0.29, 0.717) is 25.8 Å². The molecule has 2 nitrogen and oxygen atoms in total. The molecule has 1 aromatic rings. The quantitative estimate of drug-likeness (QED) is 0.397. The molecule has 0 aromatic heterocycles. The minimum atomic E-state index is -0.0206. The van der Waals surface area contributed by atoms with E-state index in [1.165, 1.54) is 0 Å². The molecule has 1 aliphatic heterocycles. The zero-order valence-electron chi connectivity index (χ0n) is 9.85. The molecule has 0 radical (unpaired) electrons. The van der Waals surface area contributed by atoms with Crippen molar-refractivity contribution >= 4 is 51.8 Å². The van der Waals surface area contributed by atoms with Crippen LogP contribution >= 0.6 is 45.8 Å². The van der Waals surface area contributed by atoms with E-state index in [2.05, 4.69) is 22.6 Å². The van der Waals surface area contributed by atoms with Crippen molar-refractivity contribution in [3.63, 3.8) is 0 Å². The third kappa shape index (κ3) is 1.64. The van der Waals surface area contributed by atoms with Crippen molar-refractivity contribution in [2.24, 2.45) is 17.8 Å². The van der Waals surface area contributed by atoms with E-state index in [1.807, 2.05) is 18.2 Å². The lowest BCUT2D eigenvalue weighted by Crippen LogP contribution is -2.32. The van der Waals surface area contributed by atoms with Gasteiger partial charge in [0.1, 0.15) is 6.10 Å². The van der Waals surface area contributed by atoms with Crippen molar-refractivity contribution in [2.45, 2.75) is 22.4 Å². The van der Waals surface area contributed by atoms with Gasteiger partial charge in [0.05, 0.1) is 19.9 Å². The number of benzene rings is 1. The van der Waals surface area contributed by atoms with Gasteiger partial charge in [-0.1, -0.05) is 51.9 Å². The molecule has 3 fully saturated rings. The van der Waals surface area contributed by atoms with Gasteiger partial charge < -0.3 is 4.74 Å². The average Bonchev–Trinajstić information content (AvgIpc) is 2.97. The smallest absolute Gasteiger partial charge is 0.310 e. The molecule has 5 heteroatoms. The van der Waals surface area contributed by atoms with Crippen LogP contribution in [0.4, 0.5) is 0 Å². The number of rotatable bonds is 1. The molecule has 3 aliphatic rings. The topological polar surface area (TPSA) is 26.3 Å². The van der Waals surface area contributed by atoms with Crippen molar-refractivity contribution < 1.29 is 9.53 Å². The molecule has 100 valence electrons. The van der Waals surface area contributed by atoms with Gasteiger partial charge in [0.25, 0.3) is 0 Å². The van der Waals surface area contributed by atoms with Crippen molar-refractivity contribution in [1.29, 1.82) is 0 Å². The Morgan fingerprint density at radius 2 is 1.95 bits per heavy atom. The summed E-state index contributed by atoms with van der Waals surface area (Å²) in [5.74, 6) is 1.17. The maximum atomic E-state index is 12.1. The molecule has 0 spiro atoms. The van der Waals surface area contributed by atoms with Crippen LogP contribution in [0.15, 0.2) is 18.2 Å². The number of ether oxygens (including phenoxy) is 1. The van der Waals surface area contributed by atoms with Crippen molar-refractivity contribution in [3.8, 4) is 0 Å². The summed E-state index contributed by atoms with van der Waals surface area (Å²) in [6.45, 7) is 0.